The Kier molecular flexibility index (Phi) is 3.76. The van der Waals surface area contributed by atoms with Gasteiger partial charge in [0.15, 0.2) is 5.78 Å². The fraction of sp³-hybridized carbons (Fsp3) is 0.267. The summed E-state index contributed by atoms with van der Waals surface area (Å²) in [6.07, 6.45) is -0.478. The van der Waals surface area contributed by atoms with Crippen molar-refractivity contribution in [1.82, 2.24) is 10.2 Å². The Balaban J connectivity index is 1.98. The van der Waals surface area contributed by atoms with Crippen LogP contribution >= 0.6 is 0 Å². The van der Waals surface area contributed by atoms with E-state index in [-0.39, 0.29) is 16.8 Å². The summed E-state index contributed by atoms with van der Waals surface area (Å²) in [7, 11) is 0. The molecule has 0 aliphatic carbocycles. The summed E-state index contributed by atoms with van der Waals surface area (Å²) in [5.74, 6) is -2.80. The molecule has 2 aliphatic rings. The van der Waals surface area contributed by atoms with E-state index in [1.165, 1.54) is 29.2 Å². The number of hydrogen-bond acceptors (Lipinski definition) is 6. The Morgan fingerprint density at radius 3 is 2.58 bits per heavy atom. The minimum Gasteiger partial charge on any atom is -0.481 e. The van der Waals surface area contributed by atoms with Gasteiger partial charge in [-0.15, -0.1) is 0 Å². The van der Waals surface area contributed by atoms with Crippen LogP contribution in [-0.2, 0) is 9.59 Å². The molecule has 1 saturated heterocycles. The predicted octanol–water partition coefficient (Wildman–Crippen LogP) is 0.525. The van der Waals surface area contributed by atoms with Crippen molar-refractivity contribution < 1.29 is 24.4 Å². The van der Waals surface area contributed by atoms with Gasteiger partial charge in [0, 0.05) is 30.8 Å². The number of aliphatic carboxylic acids is 1. The summed E-state index contributed by atoms with van der Waals surface area (Å²) >= 11 is 0. The Labute approximate surface area is 135 Å². The van der Waals surface area contributed by atoms with Gasteiger partial charge in [0.25, 0.3) is 5.69 Å². The van der Waals surface area contributed by atoms with Crippen LogP contribution in [0.3, 0.4) is 0 Å². The van der Waals surface area contributed by atoms with Gasteiger partial charge in [0.2, 0.25) is 5.91 Å². The maximum atomic E-state index is 12.8. The summed E-state index contributed by atoms with van der Waals surface area (Å²) in [4.78, 5) is 47.7. The first-order chi connectivity index (χ1) is 11.4. The van der Waals surface area contributed by atoms with E-state index in [1.54, 1.807) is 0 Å². The van der Waals surface area contributed by atoms with Crippen molar-refractivity contribution in [2.24, 2.45) is 5.92 Å². The number of non-ortho nitro benzene ring substituents is 1. The summed E-state index contributed by atoms with van der Waals surface area (Å²) in [6.45, 7) is 0.860. The van der Waals surface area contributed by atoms with Gasteiger partial charge in [-0.25, -0.2) is 0 Å². The smallest absolute Gasteiger partial charge is 0.304 e. The first-order valence-corrected chi connectivity index (χ1v) is 7.20. The van der Waals surface area contributed by atoms with Crippen LogP contribution in [-0.4, -0.2) is 45.7 Å². The molecule has 1 aromatic rings. The number of amides is 1. The lowest BCUT2D eigenvalue weighted by Gasteiger charge is -2.12. The molecule has 0 saturated carbocycles. The summed E-state index contributed by atoms with van der Waals surface area (Å²) in [6, 6.07) is 4.99. The van der Waals surface area contributed by atoms with E-state index in [1.807, 2.05) is 0 Å². The van der Waals surface area contributed by atoms with Gasteiger partial charge >= 0.3 is 5.97 Å². The van der Waals surface area contributed by atoms with Crippen molar-refractivity contribution in [3.8, 4) is 0 Å². The Morgan fingerprint density at radius 1 is 1.33 bits per heavy atom. The number of carboxylic acid groups (broad SMARTS) is 1. The van der Waals surface area contributed by atoms with E-state index in [9.17, 15) is 24.5 Å². The second kappa shape index (κ2) is 5.76. The molecule has 2 aliphatic heterocycles. The van der Waals surface area contributed by atoms with Crippen LogP contribution in [0.5, 0.6) is 0 Å². The van der Waals surface area contributed by atoms with E-state index in [0.717, 1.165) is 0 Å². The van der Waals surface area contributed by atoms with Crippen LogP contribution in [0.25, 0.3) is 0 Å². The van der Waals surface area contributed by atoms with E-state index in [0.29, 0.717) is 18.9 Å². The number of hydrogen-bond donors (Lipinski definition) is 2. The number of rotatable bonds is 5. The number of nitrogens with one attached hydrogen (secondary N) is 1. The predicted molar refractivity (Wildman–Crippen MR) is 79.9 cm³/mol. The van der Waals surface area contributed by atoms with E-state index < -0.39 is 34.9 Å². The fourth-order valence-electron chi connectivity index (χ4n) is 2.95. The number of carbonyl (C=O) groups excluding carboxylic acids is 2. The summed E-state index contributed by atoms with van der Waals surface area (Å²) in [5.41, 5.74) is 0.116. The van der Waals surface area contributed by atoms with Crippen molar-refractivity contribution in [1.29, 1.82) is 0 Å². The number of carboxylic acids is 1. The molecular formula is C15H13N3O6. The van der Waals surface area contributed by atoms with Crippen LogP contribution in [0, 0.1) is 16.0 Å². The normalized spacial score (nSPS) is 19.2. The Hall–Kier alpha value is -3.23. The minimum absolute atomic E-state index is 0.105. The van der Waals surface area contributed by atoms with Gasteiger partial charge in [0.1, 0.15) is 5.82 Å². The molecule has 1 aromatic carbocycles. The van der Waals surface area contributed by atoms with Gasteiger partial charge in [-0.2, -0.15) is 0 Å². The van der Waals surface area contributed by atoms with Gasteiger partial charge in [0.05, 0.1) is 22.8 Å². The van der Waals surface area contributed by atoms with Crippen LogP contribution in [0.4, 0.5) is 5.69 Å². The molecule has 2 heterocycles. The molecule has 24 heavy (non-hydrogen) atoms. The fourth-order valence-corrected chi connectivity index (χ4v) is 2.95. The topological polar surface area (TPSA) is 130 Å². The van der Waals surface area contributed by atoms with Gasteiger partial charge in [-0.3, -0.25) is 29.4 Å². The van der Waals surface area contributed by atoms with E-state index in [4.69, 9.17) is 5.11 Å². The zero-order valence-electron chi connectivity index (χ0n) is 12.4. The highest BCUT2D eigenvalue weighted by Gasteiger charge is 2.45. The molecule has 2 N–H and O–H groups in total. The lowest BCUT2D eigenvalue weighted by Crippen LogP contribution is -2.29. The third-order valence-corrected chi connectivity index (χ3v) is 4.03. The number of Topliss-reactive ketones (excluding diaryl/α,β-unsaturated/α-hetero) is 1. The molecular weight excluding hydrogens is 318 g/mol. The van der Waals surface area contributed by atoms with E-state index >= 15 is 0 Å². The third kappa shape index (κ3) is 2.49. The molecule has 1 fully saturated rings. The lowest BCUT2D eigenvalue weighted by atomic mass is 9.90. The molecule has 9 nitrogen and oxygen atoms in total. The number of nitro groups is 1. The van der Waals surface area contributed by atoms with E-state index in [2.05, 4.69) is 5.32 Å². The molecule has 0 spiro atoms. The number of nitro benzene ring substituents is 1. The molecule has 1 unspecified atom stereocenters. The minimum atomic E-state index is -1.18. The van der Waals surface area contributed by atoms with Crippen LogP contribution < -0.4 is 5.32 Å². The van der Waals surface area contributed by atoms with Crippen molar-refractivity contribution in [3.05, 3.63) is 51.3 Å². The average molecular weight is 331 g/mol. The first kappa shape index (κ1) is 15.7. The highest BCUT2D eigenvalue weighted by Crippen LogP contribution is 2.35. The molecule has 1 atom stereocenters. The monoisotopic (exact) mass is 331 g/mol. The molecule has 0 aromatic heterocycles. The van der Waals surface area contributed by atoms with Crippen LogP contribution in [0.15, 0.2) is 35.7 Å². The Bertz CT molecular complexity index is 783. The third-order valence-electron chi connectivity index (χ3n) is 4.03. The molecule has 1 amide bonds. The highest BCUT2D eigenvalue weighted by molar-refractivity contribution is 6.15. The standard InChI is InChI=1S/C15H13N3O6/c19-11(20)7-10-12(14-16-5-6-17(14)15(10)22)13(21)8-1-3-9(4-2-8)18(23)24/h1-4,10,16H,5-7H2,(H,19,20). The number of ketones is 1. The summed E-state index contributed by atoms with van der Waals surface area (Å²) in [5, 5.41) is 22.7. The van der Waals surface area contributed by atoms with Crippen molar-refractivity contribution in [2.75, 3.05) is 13.1 Å². The van der Waals surface area contributed by atoms with Crippen molar-refractivity contribution in [3.63, 3.8) is 0 Å². The highest BCUT2D eigenvalue weighted by atomic mass is 16.6. The maximum absolute atomic E-state index is 12.8. The molecule has 0 bridgehead atoms. The average Bonchev–Trinajstić information content (AvgIpc) is 3.10. The maximum Gasteiger partial charge on any atom is 0.304 e. The van der Waals surface area contributed by atoms with Crippen LogP contribution in [0.2, 0.25) is 0 Å². The van der Waals surface area contributed by atoms with Crippen LogP contribution in [0.1, 0.15) is 16.8 Å². The lowest BCUT2D eigenvalue weighted by molar-refractivity contribution is -0.384. The van der Waals surface area contributed by atoms with Crippen molar-refractivity contribution in [2.45, 2.75) is 6.42 Å². The second-order valence-electron chi connectivity index (χ2n) is 5.46. The number of nitrogens with zero attached hydrogens (tertiary/aromatic N) is 2. The molecule has 124 valence electrons. The molecule has 9 heteroatoms. The summed E-state index contributed by atoms with van der Waals surface area (Å²) < 4.78 is 0. The first-order valence-electron chi connectivity index (χ1n) is 7.20. The van der Waals surface area contributed by atoms with Crippen molar-refractivity contribution >= 4 is 23.3 Å². The number of benzene rings is 1. The quantitative estimate of drug-likeness (QED) is 0.457. The molecule has 0 radical (unpaired) electrons. The van der Waals surface area contributed by atoms with Gasteiger partial charge in [-0.1, -0.05) is 0 Å². The van der Waals surface area contributed by atoms with Gasteiger partial charge in [-0.05, 0) is 12.1 Å². The zero-order chi connectivity index (χ0) is 17.4. The number of fused-ring (bicyclic) bond motifs is 1. The largest absolute Gasteiger partial charge is 0.481 e. The molecule has 3 rings (SSSR count). The van der Waals surface area contributed by atoms with Gasteiger partial charge < -0.3 is 10.4 Å². The second-order valence-corrected chi connectivity index (χ2v) is 5.46. The SMILES string of the molecule is O=C(O)CC1C(=O)N2CCNC2=C1C(=O)c1ccc([N+](=O)[O-])cc1. The zero-order valence-corrected chi connectivity index (χ0v) is 12.4. The Morgan fingerprint density at radius 2 is 2.00 bits per heavy atom. The number of carbonyl (C=O) groups is 3.